The number of anilines is 2. The molecule has 0 aliphatic carbocycles. The smallest absolute Gasteiger partial charge is 0.359 e. The number of nitrogens with one attached hydrogen (secondary N) is 2. The van der Waals surface area contributed by atoms with Crippen LogP contribution >= 0.6 is 0 Å². The molecule has 138 valence electrons. The zero-order chi connectivity index (χ0) is 19.3. The minimum absolute atomic E-state index is 0.0641. The first-order chi connectivity index (χ1) is 12.7. The van der Waals surface area contributed by atoms with Crippen molar-refractivity contribution in [1.82, 2.24) is 9.97 Å². The quantitative estimate of drug-likeness (QED) is 0.425. The Morgan fingerprint density at radius 3 is 2.37 bits per heavy atom. The molecule has 0 saturated carbocycles. The number of pyridine rings is 1. The van der Waals surface area contributed by atoms with Crippen LogP contribution < -0.4 is 5.32 Å². The molecule has 4 aromatic rings. The molecule has 0 amide bonds. The van der Waals surface area contributed by atoms with Crippen LogP contribution in [0.2, 0.25) is 0 Å². The van der Waals surface area contributed by atoms with Gasteiger partial charge in [0.05, 0.1) is 22.3 Å². The molecular weight excluding hydrogens is 372 g/mol. The summed E-state index contributed by atoms with van der Waals surface area (Å²) in [5.41, 5.74) is -0.789. The molecule has 9 heteroatoms. The number of H-pyrrole nitrogens is 1. The molecule has 2 N–H and O–H groups in total. The summed E-state index contributed by atoms with van der Waals surface area (Å²) in [4.78, 5) is 6.81. The second kappa shape index (κ2) is 5.90. The number of alkyl halides is 3. The van der Waals surface area contributed by atoms with E-state index >= 15 is 0 Å². The maximum absolute atomic E-state index is 13.6. The maximum atomic E-state index is 13.6. The summed E-state index contributed by atoms with van der Waals surface area (Å²) in [6.07, 6.45) is -3.40. The van der Waals surface area contributed by atoms with E-state index in [0.29, 0.717) is 22.7 Å². The molecular formula is C18H9F6N3. The van der Waals surface area contributed by atoms with E-state index in [1.54, 1.807) is 0 Å². The summed E-state index contributed by atoms with van der Waals surface area (Å²) >= 11 is 0. The van der Waals surface area contributed by atoms with Crippen molar-refractivity contribution >= 4 is 33.3 Å². The van der Waals surface area contributed by atoms with Crippen molar-refractivity contribution in [2.24, 2.45) is 0 Å². The molecule has 0 bridgehead atoms. The number of rotatable bonds is 2. The monoisotopic (exact) mass is 381 g/mol. The number of halogens is 6. The van der Waals surface area contributed by atoms with Gasteiger partial charge in [0.25, 0.3) is 0 Å². The molecule has 0 fully saturated rings. The standard InChI is InChI=1S/C18H9F6N3/c19-11-3-8-1-2-17(26-14(8)5-10(11)18(22,23)24)27-16-7-25-15-6-13(21)12(20)4-9(15)16/h1-7,25H,(H,26,27). The van der Waals surface area contributed by atoms with Gasteiger partial charge in [0, 0.05) is 23.0 Å². The fourth-order valence-corrected chi connectivity index (χ4v) is 2.79. The molecule has 0 radical (unpaired) electrons. The third kappa shape index (κ3) is 3.05. The normalized spacial score (nSPS) is 12.1. The van der Waals surface area contributed by atoms with Crippen molar-refractivity contribution < 1.29 is 26.3 Å². The summed E-state index contributed by atoms with van der Waals surface area (Å²) in [5, 5.41) is 3.36. The second-order valence-electron chi connectivity index (χ2n) is 5.86. The van der Waals surface area contributed by atoms with Crippen molar-refractivity contribution in [2.75, 3.05) is 5.32 Å². The average molecular weight is 381 g/mol. The van der Waals surface area contributed by atoms with E-state index in [1.807, 2.05) is 0 Å². The third-order valence-corrected chi connectivity index (χ3v) is 4.07. The van der Waals surface area contributed by atoms with Crippen LogP contribution in [-0.4, -0.2) is 9.97 Å². The first kappa shape index (κ1) is 17.2. The first-order valence-electron chi connectivity index (χ1n) is 7.63. The molecule has 0 spiro atoms. The summed E-state index contributed by atoms with van der Waals surface area (Å²) in [7, 11) is 0. The van der Waals surface area contributed by atoms with Crippen molar-refractivity contribution in [2.45, 2.75) is 6.18 Å². The largest absolute Gasteiger partial charge is 0.419 e. The SMILES string of the molecule is Fc1cc2[nH]cc(Nc3ccc4cc(F)c(C(F)(F)F)cc4n3)c2cc1F. The minimum atomic E-state index is -4.85. The van der Waals surface area contributed by atoms with E-state index in [0.717, 1.165) is 18.2 Å². The van der Waals surface area contributed by atoms with Gasteiger partial charge in [0.15, 0.2) is 11.6 Å². The van der Waals surface area contributed by atoms with Crippen LogP contribution in [0.1, 0.15) is 5.56 Å². The van der Waals surface area contributed by atoms with Gasteiger partial charge >= 0.3 is 6.18 Å². The van der Waals surface area contributed by atoms with Crippen LogP contribution in [0.15, 0.2) is 42.6 Å². The van der Waals surface area contributed by atoms with E-state index in [1.165, 1.54) is 18.3 Å². The highest BCUT2D eigenvalue weighted by molar-refractivity contribution is 5.94. The van der Waals surface area contributed by atoms with Gasteiger partial charge in [-0.25, -0.2) is 18.2 Å². The van der Waals surface area contributed by atoms with Gasteiger partial charge in [-0.2, -0.15) is 13.2 Å². The van der Waals surface area contributed by atoms with Gasteiger partial charge in [-0.1, -0.05) is 0 Å². The zero-order valence-corrected chi connectivity index (χ0v) is 13.3. The summed E-state index contributed by atoms with van der Waals surface area (Å²) in [6, 6.07) is 6.21. The number of fused-ring (bicyclic) bond motifs is 2. The molecule has 4 rings (SSSR count). The van der Waals surface area contributed by atoms with Gasteiger partial charge < -0.3 is 10.3 Å². The molecule has 2 aromatic heterocycles. The number of aromatic nitrogens is 2. The molecule has 3 nitrogen and oxygen atoms in total. The number of aromatic amines is 1. The number of hydrogen-bond acceptors (Lipinski definition) is 2. The summed E-state index contributed by atoms with van der Waals surface area (Å²) in [5.74, 6) is -3.28. The van der Waals surface area contributed by atoms with Crippen molar-refractivity contribution in [3.63, 3.8) is 0 Å². The van der Waals surface area contributed by atoms with Gasteiger partial charge in [-0.3, -0.25) is 0 Å². The van der Waals surface area contributed by atoms with Gasteiger partial charge in [0.2, 0.25) is 0 Å². The molecule has 2 aromatic carbocycles. The molecule has 0 atom stereocenters. The lowest BCUT2D eigenvalue weighted by atomic mass is 10.1. The number of benzene rings is 2. The highest BCUT2D eigenvalue weighted by atomic mass is 19.4. The summed E-state index contributed by atoms with van der Waals surface area (Å²) < 4.78 is 79.0. The Bertz CT molecular complexity index is 1180. The highest BCUT2D eigenvalue weighted by Gasteiger charge is 2.34. The van der Waals surface area contributed by atoms with Crippen molar-refractivity contribution in [3.8, 4) is 0 Å². The van der Waals surface area contributed by atoms with E-state index in [9.17, 15) is 26.3 Å². The molecule has 0 saturated heterocycles. The van der Waals surface area contributed by atoms with Crippen LogP contribution in [0, 0.1) is 17.5 Å². The lowest BCUT2D eigenvalue weighted by Crippen LogP contribution is -2.08. The maximum Gasteiger partial charge on any atom is 0.419 e. The van der Waals surface area contributed by atoms with Crippen LogP contribution in [0.4, 0.5) is 37.8 Å². The van der Waals surface area contributed by atoms with E-state index in [-0.39, 0.29) is 16.7 Å². The Hall–Kier alpha value is -3.23. The Balaban J connectivity index is 1.76. The van der Waals surface area contributed by atoms with Gasteiger partial charge in [-0.05, 0) is 30.3 Å². The Morgan fingerprint density at radius 1 is 0.889 bits per heavy atom. The molecule has 0 unspecified atom stereocenters. The van der Waals surface area contributed by atoms with Crippen molar-refractivity contribution in [3.05, 3.63) is 65.6 Å². The fourth-order valence-electron chi connectivity index (χ4n) is 2.79. The van der Waals surface area contributed by atoms with Crippen LogP contribution in [0.25, 0.3) is 21.8 Å². The Morgan fingerprint density at radius 2 is 1.63 bits per heavy atom. The Labute approximate surface area is 147 Å². The van der Waals surface area contributed by atoms with Crippen LogP contribution in [0.5, 0.6) is 0 Å². The number of hydrogen-bond donors (Lipinski definition) is 2. The van der Waals surface area contributed by atoms with Gasteiger partial charge in [0.1, 0.15) is 11.6 Å². The summed E-state index contributed by atoms with van der Waals surface area (Å²) in [6.45, 7) is 0. The first-order valence-corrected chi connectivity index (χ1v) is 7.63. The van der Waals surface area contributed by atoms with Crippen LogP contribution in [-0.2, 0) is 6.18 Å². The average Bonchev–Trinajstić information content (AvgIpc) is 2.96. The zero-order valence-electron chi connectivity index (χ0n) is 13.3. The van der Waals surface area contributed by atoms with E-state index < -0.39 is 29.2 Å². The highest BCUT2D eigenvalue weighted by Crippen LogP contribution is 2.34. The predicted octanol–water partition coefficient (Wildman–Crippen LogP) is 5.90. The lowest BCUT2D eigenvalue weighted by molar-refractivity contribution is -0.139. The predicted molar refractivity (Wildman–Crippen MR) is 88.2 cm³/mol. The lowest BCUT2D eigenvalue weighted by Gasteiger charge is -2.10. The van der Waals surface area contributed by atoms with Gasteiger partial charge in [-0.15, -0.1) is 0 Å². The van der Waals surface area contributed by atoms with E-state index in [4.69, 9.17) is 0 Å². The van der Waals surface area contributed by atoms with Crippen molar-refractivity contribution in [1.29, 1.82) is 0 Å². The third-order valence-electron chi connectivity index (χ3n) is 4.07. The van der Waals surface area contributed by atoms with E-state index in [2.05, 4.69) is 15.3 Å². The molecule has 27 heavy (non-hydrogen) atoms. The Kier molecular flexibility index (Phi) is 3.76. The topological polar surface area (TPSA) is 40.7 Å². The minimum Gasteiger partial charge on any atom is -0.359 e. The van der Waals surface area contributed by atoms with Crippen LogP contribution in [0.3, 0.4) is 0 Å². The molecule has 0 aliphatic heterocycles. The molecule has 2 heterocycles. The second-order valence-corrected chi connectivity index (χ2v) is 5.86. The fraction of sp³-hybridized carbons (Fsp3) is 0.0556. The number of nitrogens with zero attached hydrogens (tertiary/aromatic N) is 1. The molecule has 0 aliphatic rings.